The molecule has 0 atom stereocenters. The van der Waals surface area contributed by atoms with Crippen LogP contribution in [0.1, 0.15) is 0 Å². The molecule has 0 unspecified atom stereocenters. The Labute approximate surface area is 32.4 Å². The van der Waals surface area contributed by atoms with Gasteiger partial charge < -0.3 is 0 Å². The predicted octanol–water partition coefficient (Wildman–Crippen LogP) is -0.815. The van der Waals surface area contributed by atoms with Gasteiger partial charge >= 0.3 is 31.7 Å². The van der Waals surface area contributed by atoms with E-state index in [0.717, 1.165) is 0 Å². The Morgan fingerprint density at radius 1 is 1.60 bits per heavy atom. The summed E-state index contributed by atoms with van der Waals surface area (Å²) in [4.78, 5) is 0. The van der Waals surface area contributed by atoms with Gasteiger partial charge in [0.2, 0.25) is 0 Å². The van der Waals surface area contributed by atoms with Gasteiger partial charge in [-0.15, -0.1) is 0 Å². The Kier molecular flexibility index (Phi) is 1.31. The van der Waals surface area contributed by atoms with Crippen LogP contribution in [-0.2, 0) is 21.2 Å². The topological polar surface area (TPSA) is 57.5 Å². The van der Waals surface area contributed by atoms with Crippen molar-refractivity contribution >= 4 is 0 Å². The SMILES string of the molecule is [O]=[Ti]([OH])([OH])[F]. The van der Waals surface area contributed by atoms with Crippen molar-refractivity contribution < 1.29 is 31.7 Å². The van der Waals surface area contributed by atoms with Crippen LogP contribution in [0.15, 0.2) is 0 Å². The monoisotopic (exact) mass is 117 g/mol. The van der Waals surface area contributed by atoms with Crippen LogP contribution in [0.3, 0.4) is 0 Å². The molecule has 0 aliphatic heterocycles. The van der Waals surface area contributed by atoms with Crippen molar-refractivity contribution in [2.75, 3.05) is 0 Å². The fraction of sp³-hybridized carbons (Fsp3) is 0. The second kappa shape index (κ2) is 1.22. The van der Waals surface area contributed by atoms with Crippen LogP contribution >= 0.6 is 0 Å². The zero-order valence-electron chi connectivity index (χ0n) is 2.18. The first-order valence-electron chi connectivity index (χ1n) is 0.840. The van der Waals surface area contributed by atoms with E-state index in [1.54, 1.807) is 0 Å². The summed E-state index contributed by atoms with van der Waals surface area (Å²) < 4.78 is 33.2. The van der Waals surface area contributed by atoms with Gasteiger partial charge in [-0.2, -0.15) is 0 Å². The average Bonchev–Trinajstić information content (AvgIpc) is 0.722. The zero-order valence-corrected chi connectivity index (χ0v) is 3.74. The van der Waals surface area contributed by atoms with Crippen molar-refractivity contribution in [3.8, 4) is 0 Å². The van der Waals surface area contributed by atoms with E-state index in [1.165, 1.54) is 0 Å². The van der Waals surface area contributed by atoms with Gasteiger partial charge in [0.15, 0.2) is 0 Å². The Bertz CT molecular complexity index is 53.0. The van der Waals surface area contributed by atoms with Crippen molar-refractivity contribution in [1.82, 2.24) is 0 Å². The second-order valence-corrected chi connectivity index (χ2v) is 2.18. The van der Waals surface area contributed by atoms with Crippen LogP contribution in [0.4, 0.5) is 3.09 Å². The normalized spacial score (nSPS) is 11.8. The maximum atomic E-state index is 10.4. The van der Waals surface area contributed by atoms with Crippen LogP contribution in [0, 0.1) is 0 Å². The van der Waals surface area contributed by atoms with Gasteiger partial charge in [0.1, 0.15) is 0 Å². The number of hydrogen-bond acceptors (Lipinski definition) is 1. The summed E-state index contributed by atoms with van der Waals surface area (Å²) in [5.74, 6) is 0. The molecule has 31 valence electrons. The molecule has 0 radical (unpaired) electrons. The number of halogens is 1. The van der Waals surface area contributed by atoms with E-state index >= 15 is 0 Å². The summed E-state index contributed by atoms with van der Waals surface area (Å²) in [6.07, 6.45) is 0. The quantitative estimate of drug-likeness (QED) is 0.407. The molecule has 0 aromatic carbocycles. The van der Waals surface area contributed by atoms with E-state index in [-0.39, 0.29) is 0 Å². The van der Waals surface area contributed by atoms with Crippen LogP contribution in [0.25, 0.3) is 0 Å². The molecule has 0 spiro atoms. The summed E-state index contributed by atoms with van der Waals surface area (Å²) in [6, 6.07) is 0. The molecule has 5 heteroatoms. The van der Waals surface area contributed by atoms with Gasteiger partial charge in [0.05, 0.1) is 0 Å². The summed E-state index contributed by atoms with van der Waals surface area (Å²) in [5.41, 5.74) is 0. The van der Waals surface area contributed by atoms with Crippen LogP contribution < -0.4 is 0 Å². The first-order valence-corrected chi connectivity index (χ1v) is 3.46. The van der Waals surface area contributed by atoms with Crippen LogP contribution in [-0.4, -0.2) is 7.38 Å². The van der Waals surface area contributed by atoms with E-state index in [9.17, 15) is 3.09 Å². The summed E-state index contributed by atoms with van der Waals surface area (Å²) in [5, 5.41) is 0. The molecule has 0 amide bonds. The minimum absolute atomic E-state index is 5.75. The molecule has 0 rings (SSSR count). The van der Waals surface area contributed by atoms with E-state index in [1.807, 2.05) is 0 Å². The fourth-order valence-corrected chi connectivity index (χ4v) is 0. The van der Waals surface area contributed by atoms with Gasteiger partial charge in [-0.05, 0) is 0 Å². The summed E-state index contributed by atoms with van der Waals surface area (Å²) in [6.45, 7) is 0. The number of hydrogen-bond donors (Lipinski definition) is 2. The molecule has 0 aliphatic carbocycles. The molecule has 0 saturated heterocycles. The molecule has 0 saturated carbocycles. The van der Waals surface area contributed by atoms with Crippen molar-refractivity contribution in [3.05, 3.63) is 0 Å². The zero-order chi connectivity index (χ0) is 4.50. The fourth-order valence-electron chi connectivity index (χ4n) is 0. The van der Waals surface area contributed by atoms with E-state index < -0.39 is 17.9 Å². The number of rotatable bonds is 0. The van der Waals surface area contributed by atoms with Crippen molar-refractivity contribution in [2.45, 2.75) is 0 Å². The Morgan fingerprint density at radius 2 is 1.60 bits per heavy atom. The molecule has 0 aromatic rings. The Morgan fingerprint density at radius 3 is 1.60 bits per heavy atom. The van der Waals surface area contributed by atoms with E-state index in [2.05, 4.69) is 0 Å². The maximum absolute atomic E-state index is 10.4. The van der Waals surface area contributed by atoms with Gasteiger partial charge in [0, 0.05) is 0 Å². The van der Waals surface area contributed by atoms with Gasteiger partial charge in [-0.25, -0.2) is 0 Å². The van der Waals surface area contributed by atoms with Gasteiger partial charge in [0.25, 0.3) is 0 Å². The molecule has 0 heterocycles. The van der Waals surface area contributed by atoms with Gasteiger partial charge in [-0.1, -0.05) is 0 Å². The second-order valence-electron chi connectivity index (χ2n) is 0.529. The molecular formula is H2FO3Ti. The minimum atomic E-state index is -5.75. The van der Waals surface area contributed by atoms with Crippen LogP contribution in [0.2, 0.25) is 0 Å². The van der Waals surface area contributed by atoms with Gasteiger partial charge in [-0.3, -0.25) is 0 Å². The van der Waals surface area contributed by atoms with E-state index in [4.69, 9.17) is 10.7 Å². The Hall–Kier alpha value is 0.364. The predicted molar refractivity (Wildman–Crippen MR) is 6.23 cm³/mol. The third kappa shape index (κ3) is 184. The first kappa shape index (κ1) is 5.36. The van der Waals surface area contributed by atoms with Crippen molar-refractivity contribution in [3.63, 3.8) is 0 Å². The van der Waals surface area contributed by atoms with Crippen LogP contribution in [0.5, 0.6) is 0 Å². The molecule has 2 N–H and O–H groups in total. The van der Waals surface area contributed by atoms with Crippen molar-refractivity contribution in [1.29, 1.82) is 0 Å². The summed E-state index contributed by atoms with van der Waals surface area (Å²) in [7, 11) is 0. The van der Waals surface area contributed by atoms with E-state index in [0.29, 0.717) is 0 Å². The Balaban J connectivity index is 3.47. The summed E-state index contributed by atoms with van der Waals surface area (Å²) >= 11 is -5.75. The first-order chi connectivity index (χ1) is 2.00. The molecule has 3 nitrogen and oxygen atoms in total. The third-order valence-electron chi connectivity index (χ3n) is 0. The van der Waals surface area contributed by atoms with Crippen molar-refractivity contribution in [2.24, 2.45) is 0 Å². The molecule has 0 aromatic heterocycles. The molecular weight excluding hydrogens is 115 g/mol. The third-order valence-corrected chi connectivity index (χ3v) is 0. The molecule has 5 heavy (non-hydrogen) atoms. The standard InChI is InChI=1S/FH.2H2O.O.Ti/h1H;2*1H2;;/q;;;;+3/p-3. The average molecular weight is 117 g/mol. The molecule has 0 fully saturated rings. The molecule has 0 bridgehead atoms. The molecule has 0 aliphatic rings.